The van der Waals surface area contributed by atoms with Gasteiger partial charge in [-0.15, -0.1) is 0 Å². The molecule has 0 spiro atoms. The molecule has 0 atom stereocenters. The van der Waals surface area contributed by atoms with E-state index in [0.717, 1.165) is 33.2 Å². The van der Waals surface area contributed by atoms with Gasteiger partial charge in [0.25, 0.3) is 0 Å². The molecule has 0 amide bonds. The number of benzene rings is 3. The molecule has 0 aliphatic rings. The van der Waals surface area contributed by atoms with E-state index in [9.17, 15) is 13.2 Å². The third-order valence-corrected chi connectivity index (χ3v) is 6.26. The van der Waals surface area contributed by atoms with Crippen LogP contribution in [0.3, 0.4) is 0 Å². The molecule has 7 nitrogen and oxygen atoms in total. The van der Waals surface area contributed by atoms with Crippen molar-refractivity contribution in [3.05, 3.63) is 71.4 Å². The number of aromatic nitrogens is 2. The third-order valence-electron chi connectivity index (χ3n) is 5.02. The van der Waals surface area contributed by atoms with Gasteiger partial charge in [-0.3, -0.25) is 9.89 Å². The highest BCUT2D eigenvalue weighted by Crippen LogP contribution is 2.34. The van der Waals surface area contributed by atoms with E-state index in [2.05, 4.69) is 10.2 Å². The highest BCUT2D eigenvalue weighted by Gasteiger charge is 2.13. The molecule has 4 rings (SSSR count). The average Bonchev–Trinajstić information content (AvgIpc) is 3.13. The standard InChI is InChI=1S/C22H18ClN3O4S/c23-19-12-21-18(20(25-26-21)9-10-22(27)28)11-17(19)15-3-1-13(2-4-15)14-5-7-16(8-6-14)31(24,29)30/h1-8,11-12H,9-10H2,(H,25,26)(H,27,28)(H2,24,29,30). The van der Waals surface area contributed by atoms with Gasteiger partial charge >= 0.3 is 5.97 Å². The topological polar surface area (TPSA) is 126 Å². The number of nitrogens with zero attached hydrogens (tertiary/aromatic N) is 1. The summed E-state index contributed by atoms with van der Waals surface area (Å²) in [7, 11) is -3.73. The van der Waals surface area contributed by atoms with Crippen LogP contribution in [0.4, 0.5) is 0 Å². The molecular weight excluding hydrogens is 438 g/mol. The predicted octanol–water partition coefficient (Wildman–Crippen LogP) is 4.21. The predicted molar refractivity (Wildman–Crippen MR) is 119 cm³/mol. The van der Waals surface area contributed by atoms with E-state index < -0.39 is 16.0 Å². The number of halogens is 1. The molecule has 1 aromatic heterocycles. The minimum absolute atomic E-state index is 0.00312. The first-order chi connectivity index (χ1) is 14.7. The van der Waals surface area contributed by atoms with E-state index in [4.69, 9.17) is 21.8 Å². The van der Waals surface area contributed by atoms with Gasteiger partial charge in [-0.25, -0.2) is 13.6 Å². The molecule has 0 radical (unpaired) electrons. The van der Waals surface area contributed by atoms with Crippen molar-refractivity contribution in [3.8, 4) is 22.3 Å². The van der Waals surface area contributed by atoms with E-state index in [0.29, 0.717) is 17.1 Å². The second-order valence-corrected chi connectivity index (χ2v) is 9.06. The summed E-state index contributed by atoms with van der Waals surface area (Å²) in [5.41, 5.74) is 4.90. The normalized spacial score (nSPS) is 11.7. The van der Waals surface area contributed by atoms with Gasteiger partial charge in [0.1, 0.15) is 0 Å². The summed E-state index contributed by atoms with van der Waals surface area (Å²) in [4.78, 5) is 11.0. The highest BCUT2D eigenvalue weighted by atomic mass is 35.5. The van der Waals surface area contributed by atoms with Crippen molar-refractivity contribution in [1.82, 2.24) is 10.2 Å². The number of sulfonamides is 1. The fraction of sp³-hybridized carbons (Fsp3) is 0.0909. The van der Waals surface area contributed by atoms with Crippen molar-refractivity contribution >= 4 is 38.5 Å². The molecule has 1 heterocycles. The van der Waals surface area contributed by atoms with E-state index in [1.807, 2.05) is 30.3 Å². The smallest absolute Gasteiger partial charge is 0.303 e. The first-order valence-electron chi connectivity index (χ1n) is 9.34. The Bertz CT molecular complexity index is 1380. The maximum absolute atomic E-state index is 11.4. The van der Waals surface area contributed by atoms with E-state index in [1.54, 1.807) is 18.2 Å². The van der Waals surface area contributed by atoms with E-state index >= 15 is 0 Å². The number of primary sulfonamides is 1. The average molecular weight is 456 g/mol. The van der Waals surface area contributed by atoms with Crippen molar-refractivity contribution in [2.24, 2.45) is 5.14 Å². The van der Waals surface area contributed by atoms with Crippen molar-refractivity contribution in [2.45, 2.75) is 17.7 Å². The van der Waals surface area contributed by atoms with Gasteiger partial charge in [-0.05, 0) is 41.0 Å². The van der Waals surface area contributed by atoms with E-state index in [1.165, 1.54) is 12.1 Å². The quantitative estimate of drug-likeness (QED) is 0.401. The summed E-state index contributed by atoms with van der Waals surface area (Å²) in [6.07, 6.45) is 0.320. The fourth-order valence-corrected chi connectivity index (χ4v) is 4.20. The number of aliphatic carboxylic acids is 1. The van der Waals surface area contributed by atoms with Crippen LogP contribution >= 0.6 is 11.6 Å². The molecule has 0 fully saturated rings. The number of hydrogen-bond acceptors (Lipinski definition) is 4. The molecule has 9 heteroatoms. The van der Waals surface area contributed by atoms with Gasteiger partial charge in [-0.2, -0.15) is 5.10 Å². The molecule has 0 saturated carbocycles. The Morgan fingerprint density at radius 2 is 1.58 bits per heavy atom. The number of nitrogens with one attached hydrogen (secondary N) is 1. The van der Waals surface area contributed by atoms with Crippen LogP contribution in [0.2, 0.25) is 5.02 Å². The van der Waals surface area contributed by atoms with Gasteiger partial charge in [0.05, 0.1) is 27.5 Å². The zero-order chi connectivity index (χ0) is 22.2. The Labute approximate surface area is 183 Å². The van der Waals surface area contributed by atoms with Crippen LogP contribution in [-0.4, -0.2) is 29.7 Å². The molecule has 4 aromatic rings. The van der Waals surface area contributed by atoms with Crippen molar-refractivity contribution in [3.63, 3.8) is 0 Å². The van der Waals surface area contributed by atoms with Gasteiger partial charge in [0, 0.05) is 17.4 Å². The number of H-pyrrole nitrogens is 1. The Morgan fingerprint density at radius 3 is 2.16 bits per heavy atom. The van der Waals surface area contributed by atoms with Crippen LogP contribution in [0, 0.1) is 0 Å². The lowest BCUT2D eigenvalue weighted by atomic mass is 9.98. The number of aromatic amines is 1. The van der Waals surface area contributed by atoms with Crippen LogP contribution < -0.4 is 5.14 Å². The molecule has 4 N–H and O–H groups in total. The minimum Gasteiger partial charge on any atom is -0.481 e. The second-order valence-electron chi connectivity index (χ2n) is 7.09. The van der Waals surface area contributed by atoms with Crippen LogP contribution in [0.15, 0.2) is 65.6 Å². The Kier molecular flexibility index (Phi) is 5.53. The van der Waals surface area contributed by atoms with Crippen LogP contribution in [0.5, 0.6) is 0 Å². The molecular formula is C22H18ClN3O4S. The number of carboxylic acid groups (broad SMARTS) is 1. The lowest BCUT2D eigenvalue weighted by molar-refractivity contribution is -0.136. The van der Waals surface area contributed by atoms with Gasteiger partial charge < -0.3 is 5.11 Å². The van der Waals surface area contributed by atoms with Crippen LogP contribution in [0.25, 0.3) is 33.2 Å². The van der Waals surface area contributed by atoms with Gasteiger partial charge in [0.2, 0.25) is 10.0 Å². The van der Waals surface area contributed by atoms with Gasteiger partial charge in [-0.1, -0.05) is 48.0 Å². The highest BCUT2D eigenvalue weighted by molar-refractivity contribution is 7.89. The molecule has 158 valence electrons. The number of nitrogens with two attached hydrogens (primary N) is 1. The zero-order valence-corrected chi connectivity index (χ0v) is 17.7. The summed E-state index contributed by atoms with van der Waals surface area (Å²) >= 11 is 6.48. The summed E-state index contributed by atoms with van der Waals surface area (Å²) in [6.45, 7) is 0. The molecule has 31 heavy (non-hydrogen) atoms. The number of carbonyl (C=O) groups is 1. The Balaban J connectivity index is 1.66. The lowest BCUT2D eigenvalue weighted by Crippen LogP contribution is -2.11. The van der Waals surface area contributed by atoms with Crippen LogP contribution in [0.1, 0.15) is 12.1 Å². The summed E-state index contributed by atoms with van der Waals surface area (Å²) < 4.78 is 22.8. The number of rotatable bonds is 6. The number of carboxylic acids is 1. The number of hydrogen-bond donors (Lipinski definition) is 3. The summed E-state index contributed by atoms with van der Waals surface area (Å²) in [6, 6.07) is 17.7. The monoisotopic (exact) mass is 455 g/mol. The van der Waals surface area contributed by atoms with Gasteiger partial charge in [0.15, 0.2) is 0 Å². The van der Waals surface area contributed by atoms with Crippen molar-refractivity contribution in [1.29, 1.82) is 0 Å². The second kappa shape index (κ2) is 8.14. The minimum atomic E-state index is -3.73. The third kappa shape index (κ3) is 4.46. The SMILES string of the molecule is NS(=O)(=O)c1ccc(-c2ccc(-c3cc4c(CCC(=O)O)n[nH]c4cc3Cl)cc2)cc1. The van der Waals surface area contributed by atoms with Crippen molar-refractivity contribution < 1.29 is 18.3 Å². The van der Waals surface area contributed by atoms with Crippen LogP contribution in [-0.2, 0) is 21.2 Å². The van der Waals surface area contributed by atoms with Crippen molar-refractivity contribution in [2.75, 3.05) is 0 Å². The summed E-state index contributed by atoms with van der Waals surface area (Å²) in [5.74, 6) is -0.877. The molecule has 0 saturated heterocycles. The maximum atomic E-state index is 11.4. The molecule has 0 bridgehead atoms. The maximum Gasteiger partial charge on any atom is 0.303 e. The summed E-state index contributed by atoms with van der Waals surface area (Å²) in [5, 5.41) is 22.6. The number of aryl methyl sites for hydroxylation is 1. The first kappa shape index (κ1) is 21.0. The van der Waals surface area contributed by atoms with E-state index in [-0.39, 0.29) is 11.3 Å². The number of fused-ring (bicyclic) bond motifs is 1. The lowest BCUT2D eigenvalue weighted by Gasteiger charge is -2.08. The zero-order valence-electron chi connectivity index (χ0n) is 16.2. The Morgan fingerprint density at radius 1 is 1.00 bits per heavy atom. The molecule has 0 aliphatic heterocycles. The Hall–Kier alpha value is -3.20. The fourth-order valence-electron chi connectivity index (χ4n) is 3.41. The molecule has 0 aliphatic carbocycles. The molecule has 3 aromatic carbocycles. The molecule has 0 unspecified atom stereocenters. The first-order valence-corrected chi connectivity index (χ1v) is 11.3. The largest absolute Gasteiger partial charge is 0.481 e.